The van der Waals surface area contributed by atoms with E-state index in [1.165, 1.54) is 31.3 Å². The lowest BCUT2D eigenvalue weighted by Crippen LogP contribution is -2.12. The minimum Gasteiger partial charge on any atom is -0.298 e. The summed E-state index contributed by atoms with van der Waals surface area (Å²) in [5, 5.41) is 2.88. The van der Waals surface area contributed by atoms with Crippen LogP contribution in [0.3, 0.4) is 0 Å². The lowest BCUT2D eigenvalue weighted by molar-refractivity contribution is 0.101. The smallest absolute Gasteiger partial charge is 0.258 e. The largest absolute Gasteiger partial charge is 0.298 e. The molecule has 0 radical (unpaired) electrons. The van der Waals surface area contributed by atoms with Crippen molar-refractivity contribution in [3.8, 4) is 0 Å². The Kier molecular flexibility index (Phi) is 4.06. The van der Waals surface area contributed by atoms with Gasteiger partial charge in [-0.15, -0.1) is 0 Å². The highest BCUT2D eigenvalue weighted by Crippen LogP contribution is 2.22. The van der Waals surface area contributed by atoms with Crippen LogP contribution < -0.4 is 5.32 Å². The number of Topliss-reactive ketones (excluding diaryl/α,β-unsaturated/α-hetero) is 1. The normalized spacial score (nSPS) is 10.3. The van der Waals surface area contributed by atoms with Crippen LogP contribution in [0.1, 0.15) is 27.0 Å². The summed E-state index contributed by atoms with van der Waals surface area (Å²) >= 11 is 4.21. The highest BCUT2D eigenvalue weighted by molar-refractivity contribution is 9.10. The van der Waals surface area contributed by atoms with Gasteiger partial charge in [0.25, 0.3) is 5.91 Å². The lowest BCUT2D eigenvalue weighted by Gasteiger charge is -2.03. The van der Waals surface area contributed by atoms with E-state index in [0.29, 0.717) is 20.0 Å². The average Bonchev–Trinajstić information content (AvgIpc) is 2.77. The standard InChI is InChI=1S/C12H8BrFN2O2S/c1-6(17)10-5-15-12(19-10)16-11(18)8-3-2-7(14)4-9(8)13/h2-5H,1H3,(H,15,16,18). The molecule has 1 N–H and O–H groups in total. The zero-order valence-corrected chi connectivity index (χ0v) is 12.1. The van der Waals surface area contributed by atoms with Crippen LogP contribution in [0.2, 0.25) is 0 Å². The second-order valence-electron chi connectivity index (χ2n) is 3.66. The van der Waals surface area contributed by atoms with Gasteiger partial charge >= 0.3 is 0 Å². The van der Waals surface area contributed by atoms with Crippen LogP contribution in [0.5, 0.6) is 0 Å². The molecule has 0 atom stereocenters. The number of hydrogen-bond donors (Lipinski definition) is 1. The molecule has 1 aromatic carbocycles. The molecule has 0 saturated heterocycles. The van der Waals surface area contributed by atoms with Crippen molar-refractivity contribution < 1.29 is 14.0 Å². The zero-order chi connectivity index (χ0) is 14.0. The van der Waals surface area contributed by atoms with Crippen molar-refractivity contribution in [3.63, 3.8) is 0 Å². The van der Waals surface area contributed by atoms with E-state index in [2.05, 4.69) is 26.2 Å². The maximum Gasteiger partial charge on any atom is 0.258 e. The number of hydrogen-bond acceptors (Lipinski definition) is 4. The van der Waals surface area contributed by atoms with Crippen molar-refractivity contribution in [2.24, 2.45) is 0 Å². The first-order valence-electron chi connectivity index (χ1n) is 5.20. The van der Waals surface area contributed by atoms with Crippen LogP contribution in [-0.4, -0.2) is 16.7 Å². The predicted octanol–water partition coefficient (Wildman–Crippen LogP) is 3.50. The van der Waals surface area contributed by atoms with E-state index in [-0.39, 0.29) is 5.78 Å². The molecule has 4 nitrogen and oxygen atoms in total. The van der Waals surface area contributed by atoms with Gasteiger partial charge in [-0.05, 0) is 34.1 Å². The van der Waals surface area contributed by atoms with Crippen molar-refractivity contribution in [1.82, 2.24) is 4.98 Å². The zero-order valence-electron chi connectivity index (χ0n) is 9.74. The van der Waals surface area contributed by atoms with Gasteiger partial charge in [-0.3, -0.25) is 14.9 Å². The van der Waals surface area contributed by atoms with E-state index in [0.717, 1.165) is 11.3 Å². The molecule has 7 heteroatoms. The summed E-state index contributed by atoms with van der Waals surface area (Å²) in [7, 11) is 0. The summed E-state index contributed by atoms with van der Waals surface area (Å²) in [5.41, 5.74) is 0.293. The van der Waals surface area contributed by atoms with E-state index in [9.17, 15) is 14.0 Å². The van der Waals surface area contributed by atoms with E-state index in [4.69, 9.17) is 0 Å². The third kappa shape index (κ3) is 3.24. The molecule has 0 fully saturated rings. The van der Waals surface area contributed by atoms with Crippen molar-refractivity contribution in [3.05, 3.63) is 45.1 Å². The molecule has 0 aliphatic heterocycles. The molecule has 1 amide bonds. The monoisotopic (exact) mass is 342 g/mol. The predicted molar refractivity (Wildman–Crippen MR) is 74.2 cm³/mol. The lowest BCUT2D eigenvalue weighted by atomic mass is 10.2. The molecule has 98 valence electrons. The second-order valence-corrected chi connectivity index (χ2v) is 5.55. The number of ketones is 1. The Hall–Kier alpha value is -1.60. The molecule has 19 heavy (non-hydrogen) atoms. The summed E-state index contributed by atoms with van der Waals surface area (Å²) in [5.74, 6) is -0.964. The van der Waals surface area contributed by atoms with Crippen LogP contribution >= 0.6 is 27.3 Å². The van der Waals surface area contributed by atoms with Crippen LogP contribution in [0.4, 0.5) is 9.52 Å². The Morgan fingerprint density at radius 2 is 2.16 bits per heavy atom. The fourth-order valence-electron chi connectivity index (χ4n) is 1.33. The molecule has 0 aliphatic carbocycles. The third-order valence-electron chi connectivity index (χ3n) is 2.25. The minimum atomic E-state index is -0.434. The van der Waals surface area contributed by atoms with Crippen LogP contribution in [0.15, 0.2) is 28.9 Å². The molecule has 0 unspecified atom stereocenters. The first-order chi connectivity index (χ1) is 8.97. The number of anilines is 1. The van der Waals surface area contributed by atoms with Crippen molar-refractivity contribution in [2.45, 2.75) is 6.92 Å². The van der Waals surface area contributed by atoms with Crippen molar-refractivity contribution in [1.29, 1.82) is 0 Å². The van der Waals surface area contributed by atoms with E-state index in [1.54, 1.807) is 0 Å². The molecule has 0 bridgehead atoms. The summed E-state index contributed by atoms with van der Waals surface area (Å²) in [4.78, 5) is 27.5. The van der Waals surface area contributed by atoms with Gasteiger partial charge in [0.05, 0.1) is 16.6 Å². The number of aromatic nitrogens is 1. The Morgan fingerprint density at radius 1 is 1.42 bits per heavy atom. The fraction of sp³-hybridized carbons (Fsp3) is 0.0833. The number of halogens is 2. The number of nitrogens with zero attached hydrogens (tertiary/aromatic N) is 1. The summed E-state index contributed by atoms with van der Waals surface area (Å²) in [6.45, 7) is 1.43. The number of rotatable bonds is 3. The summed E-state index contributed by atoms with van der Waals surface area (Å²) in [6, 6.07) is 3.77. The van der Waals surface area contributed by atoms with Crippen LogP contribution in [0.25, 0.3) is 0 Å². The van der Waals surface area contributed by atoms with Crippen LogP contribution in [0, 0.1) is 5.82 Å². The van der Waals surface area contributed by atoms with Gasteiger partial charge in [0, 0.05) is 11.4 Å². The Bertz CT molecular complexity index is 657. The minimum absolute atomic E-state index is 0.110. The summed E-state index contributed by atoms with van der Waals surface area (Å²) in [6.07, 6.45) is 1.41. The molecule has 1 aromatic heterocycles. The Balaban J connectivity index is 2.18. The second kappa shape index (κ2) is 5.58. The molecule has 0 spiro atoms. The molecular formula is C12H8BrFN2O2S. The van der Waals surface area contributed by atoms with Gasteiger partial charge in [-0.25, -0.2) is 9.37 Å². The van der Waals surface area contributed by atoms with Gasteiger partial charge < -0.3 is 0 Å². The molecular weight excluding hydrogens is 335 g/mol. The van der Waals surface area contributed by atoms with Gasteiger partial charge in [-0.2, -0.15) is 0 Å². The Morgan fingerprint density at radius 3 is 2.74 bits per heavy atom. The maximum atomic E-state index is 12.9. The van der Waals surface area contributed by atoms with Crippen molar-refractivity contribution in [2.75, 3.05) is 5.32 Å². The number of carbonyl (C=O) groups is 2. The van der Waals surface area contributed by atoms with Crippen LogP contribution in [-0.2, 0) is 0 Å². The third-order valence-corrected chi connectivity index (χ3v) is 3.92. The maximum absolute atomic E-state index is 12.9. The van der Waals surface area contributed by atoms with Gasteiger partial charge in [0.1, 0.15) is 5.82 Å². The number of amides is 1. The first-order valence-corrected chi connectivity index (χ1v) is 6.81. The van der Waals surface area contributed by atoms with E-state index < -0.39 is 11.7 Å². The summed E-state index contributed by atoms with van der Waals surface area (Å²) < 4.78 is 13.3. The highest BCUT2D eigenvalue weighted by Gasteiger charge is 2.13. The van der Waals surface area contributed by atoms with Gasteiger partial charge in [0.2, 0.25) is 0 Å². The highest BCUT2D eigenvalue weighted by atomic mass is 79.9. The number of benzene rings is 1. The SMILES string of the molecule is CC(=O)c1cnc(NC(=O)c2ccc(F)cc2Br)s1. The van der Waals surface area contributed by atoms with Crippen molar-refractivity contribution >= 4 is 44.1 Å². The molecule has 0 aliphatic rings. The number of thiazole rings is 1. The van der Waals surface area contributed by atoms with E-state index in [1.807, 2.05) is 0 Å². The molecule has 2 aromatic rings. The topological polar surface area (TPSA) is 59.1 Å². The molecule has 2 rings (SSSR count). The van der Waals surface area contributed by atoms with E-state index >= 15 is 0 Å². The van der Waals surface area contributed by atoms with Gasteiger partial charge in [-0.1, -0.05) is 11.3 Å². The first kappa shape index (κ1) is 13.8. The average molecular weight is 343 g/mol. The quantitative estimate of drug-likeness (QED) is 0.868. The Labute approximate surface area is 120 Å². The fourth-order valence-corrected chi connectivity index (χ4v) is 2.57. The number of carbonyl (C=O) groups excluding carboxylic acids is 2. The van der Waals surface area contributed by atoms with Gasteiger partial charge in [0.15, 0.2) is 10.9 Å². The molecule has 0 saturated carbocycles. The number of nitrogens with one attached hydrogen (secondary N) is 1. The molecule has 1 heterocycles.